The van der Waals surface area contributed by atoms with E-state index in [1.165, 1.54) is 12.1 Å². The van der Waals surface area contributed by atoms with Crippen molar-refractivity contribution in [1.82, 2.24) is 19.6 Å². The van der Waals surface area contributed by atoms with Crippen molar-refractivity contribution in [2.75, 3.05) is 32.5 Å². The van der Waals surface area contributed by atoms with Crippen LogP contribution >= 0.6 is 0 Å². The van der Waals surface area contributed by atoms with E-state index in [0.29, 0.717) is 42.4 Å². The van der Waals surface area contributed by atoms with E-state index >= 15 is 0 Å². The third kappa shape index (κ3) is 5.01. The molecule has 5 rings (SSSR count). The monoisotopic (exact) mass is 507 g/mol. The number of hydrogen-bond donors (Lipinski definition) is 1. The zero-order valence-corrected chi connectivity index (χ0v) is 21.5. The zero-order chi connectivity index (χ0) is 26.5. The molecule has 1 N–H and O–H groups in total. The number of likely N-dealkylation sites (tertiary alicyclic amines) is 1. The Hall–Kier alpha value is -3.92. The van der Waals surface area contributed by atoms with Crippen LogP contribution in [0.4, 0.5) is 10.2 Å². The number of fused-ring (bicyclic) bond motifs is 1. The Morgan fingerprint density at radius 3 is 2.59 bits per heavy atom. The summed E-state index contributed by atoms with van der Waals surface area (Å²) < 4.78 is 28.7. The second-order valence-electron chi connectivity index (χ2n) is 10.4. The molecule has 0 radical (unpaired) electrons. The van der Waals surface area contributed by atoms with Gasteiger partial charge in [-0.15, -0.1) is 0 Å². The molecule has 0 saturated carbocycles. The summed E-state index contributed by atoms with van der Waals surface area (Å²) in [5.41, 5.74) is 0.621. The van der Waals surface area contributed by atoms with E-state index in [1.807, 2.05) is 32.8 Å². The van der Waals surface area contributed by atoms with Crippen LogP contribution in [0.5, 0.6) is 17.2 Å². The van der Waals surface area contributed by atoms with Crippen molar-refractivity contribution in [3.8, 4) is 17.2 Å². The molecule has 9 nitrogen and oxygen atoms in total. The molecule has 37 heavy (non-hydrogen) atoms. The van der Waals surface area contributed by atoms with E-state index in [2.05, 4.69) is 10.4 Å². The number of aromatic nitrogens is 2. The lowest BCUT2D eigenvalue weighted by molar-refractivity contribution is 0.0395. The fourth-order valence-electron chi connectivity index (χ4n) is 4.51. The number of likely N-dealkylation sites (N-methyl/N-ethyl adjacent to an activating group) is 1. The summed E-state index contributed by atoms with van der Waals surface area (Å²) in [7, 11) is 5.67. The number of benzene rings is 2. The van der Waals surface area contributed by atoms with Crippen LogP contribution in [0, 0.1) is 5.82 Å². The van der Waals surface area contributed by atoms with Crippen molar-refractivity contribution in [2.45, 2.75) is 31.9 Å². The normalized spacial score (nSPS) is 16.2. The molecule has 3 aromatic rings. The molecular weight excluding hydrogens is 477 g/mol. The first kappa shape index (κ1) is 24.8. The van der Waals surface area contributed by atoms with E-state index in [9.17, 15) is 14.0 Å². The van der Waals surface area contributed by atoms with E-state index < -0.39 is 11.4 Å². The molecule has 10 heteroatoms. The SMILES string of the molecule is CN(C)C1CN(C(=O)c2ccc(Oc3cc(C(=O)Nc4ccn(C)n4)cc4c3CC(C)(C)O4)cc2F)C1. The lowest BCUT2D eigenvalue weighted by Crippen LogP contribution is -2.59. The standard InChI is InChI=1S/C27H30FN5O4/c1-27(2)13-20-22(10-16(11-23(20)37-27)25(34)29-24-8-9-32(5)30-24)36-18-6-7-19(21(28)12-18)26(35)33-14-17(15-33)31(3)4/h6-12,17H,13-15H2,1-5H3,(H,29,30,34). The molecule has 1 saturated heterocycles. The highest BCUT2D eigenvalue weighted by atomic mass is 19.1. The van der Waals surface area contributed by atoms with Gasteiger partial charge in [0.05, 0.1) is 5.56 Å². The lowest BCUT2D eigenvalue weighted by atomic mass is 9.99. The predicted molar refractivity (Wildman–Crippen MR) is 136 cm³/mol. The predicted octanol–water partition coefficient (Wildman–Crippen LogP) is 3.70. The molecule has 194 valence electrons. The van der Waals surface area contributed by atoms with Crippen LogP contribution in [0.3, 0.4) is 0 Å². The second-order valence-corrected chi connectivity index (χ2v) is 10.4. The highest BCUT2D eigenvalue weighted by Gasteiger charge is 2.35. The number of rotatable bonds is 6. The quantitative estimate of drug-likeness (QED) is 0.547. The summed E-state index contributed by atoms with van der Waals surface area (Å²) in [5.74, 6) is 0.187. The van der Waals surface area contributed by atoms with Crippen LogP contribution in [0.1, 0.15) is 40.1 Å². The van der Waals surface area contributed by atoms with Gasteiger partial charge in [0.1, 0.15) is 28.7 Å². The fourth-order valence-corrected chi connectivity index (χ4v) is 4.51. The molecule has 1 fully saturated rings. The fraction of sp³-hybridized carbons (Fsp3) is 0.370. The molecule has 0 spiro atoms. The summed E-state index contributed by atoms with van der Waals surface area (Å²) in [4.78, 5) is 29.4. The van der Waals surface area contributed by atoms with Crippen molar-refractivity contribution in [1.29, 1.82) is 0 Å². The zero-order valence-electron chi connectivity index (χ0n) is 21.5. The van der Waals surface area contributed by atoms with Gasteiger partial charge in [-0.3, -0.25) is 14.3 Å². The van der Waals surface area contributed by atoms with Gasteiger partial charge in [0, 0.05) is 62.1 Å². The molecule has 0 unspecified atom stereocenters. The molecule has 2 amide bonds. The van der Waals surface area contributed by atoms with Crippen molar-refractivity contribution < 1.29 is 23.5 Å². The van der Waals surface area contributed by atoms with Gasteiger partial charge in [-0.05, 0) is 52.2 Å². The minimum Gasteiger partial charge on any atom is -0.487 e. The molecular formula is C27H30FN5O4. The van der Waals surface area contributed by atoms with Gasteiger partial charge < -0.3 is 24.6 Å². The second kappa shape index (κ2) is 9.19. The average molecular weight is 508 g/mol. The van der Waals surface area contributed by atoms with Crippen molar-refractivity contribution in [3.63, 3.8) is 0 Å². The number of carbonyl (C=O) groups excluding carboxylic acids is 2. The van der Waals surface area contributed by atoms with E-state index in [4.69, 9.17) is 9.47 Å². The van der Waals surface area contributed by atoms with Gasteiger partial charge in [0.2, 0.25) is 0 Å². The number of amides is 2. The van der Waals surface area contributed by atoms with Crippen LogP contribution < -0.4 is 14.8 Å². The maximum absolute atomic E-state index is 15.0. The number of nitrogens with one attached hydrogen (secondary N) is 1. The molecule has 0 aliphatic carbocycles. The minimum absolute atomic E-state index is 0.00254. The number of carbonyl (C=O) groups is 2. The lowest BCUT2D eigenvalue weighted by Gasteiger charge is -2.42. The van der Waals surface area contributed by atoms with Crippen LogP contribution in [-0.2, 0) is 13.5 Å². The number of aryl methyl sites for hydroxylation is 1. The Bertz CT molecular complexity index is 1380. The summed E-state index contributed by atoms with van der Waals surface area (Å²) in [6, 6.07) is 9.46. The molecule has 1 aromatic heterocycles. The number of ether oxygens (including phenoxy) is 2. The van der Waals surface area contributed by atoms with Gasteiger partial charge in [0.25, 0.3) is 11.8 Å². The molecule has 2 aromatic carbocycles. The first-order valence-electron chi connectivity index (χ1n) is 12.1. The first-order valence-corrected chi connectivity index (χ1v) is 12.1. The van der Waals surface area contributed by atoms with Crippen molar-refractivity contribution >= 4 is 17.6 Å². The number of halogens is 1. The molecule has 2 aliphatic heterocycles. The molecule has 2 aliphatic rings. The van der Waals surface area contributed by atoms with Gasteiger partial charge in [-0.2, -0.15) is 5.10 Å². The Morgan fingerprint density at radius 2 is 1.95 bits per heavy atom. The van der Waals surface area contributed by atoms with Crippen LogP contribution in [0.2, 0.25) is 0 Å². The van der Waals surface area contributed by atoms with Gasteiger partial charge in [-0.25, -0.2) is 4.39 Å². The average Bonchev–Trinajstić information content (AvgIpc) is 3.32. The maximum Gasteiger partial charge on any atom is 0.257 e. The number of anilines is 1. The Kier molecular flexibility index (Phi) is 6.15. The van der Waals surface area contributed by atoms with Crippen LogP contribution in [0.25, 0.3) is 0 Å². The van der Waals surface area contributed by atoms with Gasteiger partial charge >= 0.3 is 0 Å². The third-order valence-corrected chi connectivity index (χ3v) is 6.65. The van der Waals surface area contributed by atoms with E-state index in [0.717, 1.165) is 5.56 Å². The van der Waals surface area contributed by atoms with Crippen LogP contribution in [0.15, 0.2) is 42.6 Å². The third-order valence-electron chi connectivity index (χ3n) is 6.65. The topological polar surface area (TPSA) is 88.9 Å². The van der Waals surface area contributed by atoms with Crippen molar-refractivity contribution in [3.05, 3.63) is 65.1 Å². The number of nitrogens with zero attached hydrogens (tertiary/aromatic N) is 4. The molecule has 0 bridgehead atoms. The highest BCUT2D eigenvalue weighted by Crippen LogP contribution is 2.43. The van der Waals surface area contributed by atoms with Gasteiger partial charge in [-0.1, -0.05) is 0 Å². The Labute approximate surface area is 214 Å². The highest BCUT2D eigenvalue weighted by molar-refractivity contribution is 6.04. The summed E-state index contributed by atoms with van der Waals surface area (Å²) in [5, 5.41) is 6.93. The number of hydrogen-bond acceptors (Lipinski definition) is 6. The first-order chi connectivity index (χ1) is 17.5. The van der Waals surface area contributed by atoms with Crippen molar-refractivity contribution in [2.24, 2.45) is 7.05 Å². The minimum atomic E-state index is -0.659. The Balaban J connectivity index is 1.38. The van der Waals surface area contributed by atoms with Crippen LogP contribution in [-0.4, -0.2) is 70.2 Å². The summed E-state index contributed by atoms with van der Waals surface area (Å²) in [6.07, 6.45) is 2.28. The Morgan fingerprint density at radius 1 is 1.19 bits per heavy atom. The summed E-state index contributed by atoms with van der Waals surface area (Å²) in [6.45, 7) is 5.03. The molecule has 0 atom stereocenters. The van der Waals surface area contributed by atoms with E-state index in [-0.39, 0.29) is 29.2 Å². The largest absolute Gasteiger partial charge is 0.487 e. The van der Waals surface area contributed by atoms with E-state index in [1.54, 1.807) is 47.1 Å². The summed E-state index contributed by atoms with van der Waals surface area (Å²) >= 11 is 0. The maximum atomic E-state index is 15.0. The van der Waals surface area contributed by atoms with Gasteiger partial charge in [0.15, 0.2) is 5.82 Å². The molecule has 3 heterocycles. The smallest absolute Gasteiger partial charge is 0.257 e.